The third kappa shape index (κ3) is 4.38. The van der Waals surface area contributed by atoms with E-state index >= 15 is 0 Å². The number of para-hydroxylation sites is 1. The Bertz CT molecular complexity index is 964. The Hall–Kier alpha value is -3.48. The number of carbonyl (C=O) groups excluding carboxylic acids is 2. The molecule has 0 aliphatic carbocycles. The van der Waals surface area contributed by atoms with Gasteiger partial charge in [0.2, 0.25) is 0 Å². The number of hydrogen-bond donors (Lipinski definition) is 2. The van der Waals surface area contributed by atoms with Gasteiger partial charge in [-0.05, 0) is 23.8 Å². The number of nitrogens with one attached hydrogen (secondary N) is 2. The molecule has 0 bridgehead atoms. The summed E-state index contributed by atoms with van der Waals surface area (Å²) in [5, 5.41) is 3.61. The minimum absolute atomic E-state index is 0.0831. The summed E-state index contributed by atoms with van der Waals surface area (Å²) in [6.45, 7) is -0.387. The maximum atomic E-state index is 12.1. The minimum atomic E-state index is -0.479. The first-order chi connectivity index (χ1) is 13.1. The number of esters is 1. The lowest BCUT2D eigenvalue weighted by atomic mass is 10.1. The minimum Gasteiger partial charge on any atom is -0.497 e. The van der Waals surface area contributed by atoms with E-state index in [1.165, 1.54) is 14.2 Å². The molecule has 0 saturated heterocycles. The standard InChI is InChI=1S/C20H20N2O5/c1-25-14-7-8-18(26-2)17(10-14)22-19(23)12-27-20(24)9-13-11-21-16-6-4-3-5-15(13)16/h3-8,10-11,21H,9,12H2,1-2H3,(H,22,23). The molecule has 1 aromatic heterocycles. The number of benzene rings is 2. The number of methoxy groups -OCH3 is 2. The number of carbonyl (C=O) groups is 2. The molecule has 27 heavy (non-hydrogen) atoms. The highest BCUT2D eigenvalue weighted by molar-refractivity contribution is 5.95. The van der Waals surface area contributed by atoms with E-state index in [2.05, 4.69) is 10.3 Å². The summed E-state index contributed by atoms with van der Waals surface area (Å²) in [5.74, 6) is 0.109. The summed E-state index contributed by atoms with van der Waals surface area (Å²) >= 11 is 0. The lowest BCUT2D eigenvalue weighted by molar-refractivity contribution is -0.146. The predicted molar refractivity (Wildman–Crippen MR) is 101 cm³/mol. The monoisotopic (exact) mass is 368 g/mol. The van der Waals surface area contributed by atoms with E-state index in [-0.39, 0.29) is 13.0 Å². The van der Waals surface area contributed by atoms with Crippen LogP contribution in [0.5, 0.6) is 11.5 Å². The van der Waals surface area contributed by atoms with Crippen LogP contribution in [-0.2, 0) is 20.7 Å². The van der Waals surface area contributed by atoms with Crippen molar-refractivity contribution in [2.75, 3.05) is 26.1 Å². The van der Waals surface area contributed by atoms with E-state index in [0.717, 1.165) is 16.5 Å². The van der Waals surface area contributed by atoms with Crippen LogP contribution in [0.3, 0.4) is 0 Å². The average molecular weight is 368 g/mol. The number of anilines is 1. The van der Waals surface area contributed by atoms with Crippen molar-refractivity contribution in [3.8, 4) is 11.5 Å². The van der Waals surface area contributed by atoms with Crippen LogP contribution in [0.1, 0.15) is 5.56 Å². The summed E-state index contributed by atoms with van der Waals surface area (Å²) in [7, 11) is 3.03. The smallest absolute Gasteiger partial charge is 0.310 e. The second-order valence-corrected chi connectivity index (χ2v) is 5.81. The van der Waals surface area contributed by atoms with E-state index in [4.69, 9.17) is 14.2 Å². The second-order valence-electron chi connectivity index (χ2n) is 5.81. The molecule has 3 rings (SSSR count). The van der Waals surface area contributed by atoms with Gasteiger partial charge >= 0.3 is 5.97 Å². The van der Waals surface area contributed by atoms with Crippen molar-refractivity contribution in [1.82, 2.24) is 4.98 Å². The maximum absolute atomic E-state index is 12.1. The van der Waals surface area contributed by atoms with E-state index in [0.29, 0.717) is 17.2 Å². The number of fused-ring (bicyclic) bond motifs is 1. The van der Waals surface area contributed by atoms with Crippen LogP contribution in [0.25, 0.3) is 10.9 Å². The van der Waals surface area contributed by atoms with Crippen molar-refractivity contribution in [3.63, 3.8) is 0 Å². The van der Waals surface area contributed by atoms with Crippen LogP contribution >= 0.6 is 0 Å². The van der Waals surface area contributed by atoms with Crippen LogP contribution < -0.4 is 14.8 Å². The van der Waals surface area contributed by atoms with Crippen LogP contribution in [0.15, 0.2) is 48.7 Å². The van der Waals surface area contributed by atoms with Gasteiger partial charge in [0.1, 0.15) is 11.5 Å². The number of aromatic amines is 1. The summed E-state index contributed by atoms with van der Waals surface area (Å²) in [5.41, 5.74) is 2.21. The Kier molecular flexibility index (Phi) is 5.61. The fourth-order valence-corrected chi connectivity index (χ4v) is 2.73. The molecule has 1 heterocycles. The van der Waals surface area contributed by atoms with Gasteiger partial charge in [-0.2, -0.15) is 0 Å². The molecular weight excluding hydrogens is 348 g/mol. The Morgan fingerprint density at radius 1 is 1.07 bits per heavy atom. The molecule has 0 fully saturated rings. The van der Waals surface area contributed by atoms with Crippen molar-refractivity contribution in [1.29, 1.82) is 0 Å². The zero-order valence-corrected chi connectivity index (χ0v) is 15.1. The van der Waals surface area contributed by atoms with Gasteiger partial charge in [-0.25, -0.2) is 0 Å². The van der Waals surface area contributed by atoms with Crippen LogP contribution in [-0.4, -0.2) is 37.7 Å². The summed E-state index contributed by atoms with van der Waals surface area (Å²) < 4.78 is 15.4. The van der Waals surface area contributed by atoms with Crippen LogP contribution in [0.4, 0.5) is 5.69 Å². The number of hydrogen-bond acceptors (Lipinski definition) is 5. The summed E-state index contributed by atoms with van der Waals surface area (Å²) in [4.78, 5) is 27.3. The first kappa shape index (κ1) is 18.3. The van der Waals surface area contributed by atoms with Crippen LogP contribution in [0.2, 0.25) is 0 Å². The summed E-state index contributed by atoms with van der Waals surface area (Å²) in [6.07, 6.45) is 1.85. The Labute approximate surface area is 156 Å². The fraction of sp³-hybridized carbons (Fsp3) is 0.200. The largest absolute Gasteiger partial charge is 0.497 e. The number of amides is 1. The maximum Gasteiger partial charge on any atom is 0.310 e. The van der Waals surface area contributed by atoms with Gasteiger partial charge in [0, 0.05) is 23.2 Å². The molecule has 2 N–H and O–H groups in total. The van der Waals surface area contributed by atoms with Crippen molar-refractivity contribution < 1.29 is 23.8 Å². The van der Waals surface area contributed by atoms with Gasteiger partial charge < -0.3 is 24.5 Å². The van der Waals surface area contributed by atoms with E-state index in [9.17, 15) is 9.59 Å². The van der Waals surface area contributed by atoms with Crippen molar-refractivity contribution >= 4 is 28.5 Å². The van der Waals surface area contributed by atoms with Gasteiger partial charge in [0.15, 0.2) is 6.61 Å². The van der Waals surface area contributed by atoms with Crippen molar-refractivity contribution in [2.45, 2.75) is 6.42 Å². The lowest BCUT2D eigenvalue weighted by Crippen LogP contribution is -2.22. The molecule has 3 aromatic rings. The SMILES string of the molecule is COc1ccc(OC)c(NC(=O)COC(=O)Cc2c[nH]c3ccccc23)c1. The van der Waals surface area contributed by atoms with E-state index < -0.39 is 11.9 Å². The molecule has 0 atom stereocenters. The highest BCUT2D eigenvalue weighted by Gasteiger charge is 2.13. The van der Waals surface area contributed by atoms with Gasteiger partial charge in [-0.3, -0.25) is 9.59 Å². The van der Waals surface area contributed by atoms with Crippen LogP contribution in [0, 0.1) is 0 Å². The average Bonchev–Trinajstić information content (AvgIpc) is 3.09. The molecule has 7 heteroatoms. The topological polar surface area (TPSA) is 89.7 Å². The van der Waals surface area contributed by atoms with Gasteiger partial charge in [0.25, 0.3) is 5.91 Å². The predicted octanol–water partition coefficient (Wildman–Crippen LogP) is 2.91. The Morgan fingerprint density at radius 2 is 1.89 bits per heavy atom. The Balaban J connectivity index is 1.57. The molecule has 7 nitrogen and oxygen atoms in total. The molecule has 0 spiro atoms. The first-order valence-electron chi connectivity index (χ1n) is 8.33. The van der Waals surface area contributed by atoms with Gasteiger partial charge in [-0.1, -0.05) is 18.2 Å². The number of ether oxygens (including phenoxy) is 3. The number of aromatic nitrogens is 1. The number of rotatable bonds is 7. The summed E-state index contributed by atoms with van der Waals surface area (Å²) in [6, 6.07) is 12.7. The molecule has 0 aliphatic rings. The molecule has 0 aliphatic heterocycles. The second kappa shape index (κ2) is 8.27. The molecule has 1 amide bonds. The fourth-order valence-electron chi connectivity index (χ4n) is 2.73. The molecule has 0 radical (unpaired) electrons. The van der Waals surface area contributed by atoms with E-state index in [1.54, 1.807) is 24.4 Å². The van der Waals surface area contributed by atoms with Crippen molar-refractivity contribution in [3.05, 3.63) is 54.2 Å². The van der Waals surface area contributed by atoms with Crippen molar-refractivity contribution in [2.24, 2.45) is 0 Å². The molecule has 2 aromatic carbocycles. The quantitative estimate of drug-likeness (QED) is 0.626. The molecule has 0 unspecified atom stereocenters. The van der Waals surface area contributed by atoms with E-state index in [1.807, 2.05) is 24.3 Å². The normalized spacial score (nSPS) is 10.4. The lowest BCUT2D eigenvalue weighted by Gasteiger charge is -2.12. The van der Waals surface area contributed by atoms with Gasteiger partial charge in [-0.15, -0.1) is 0 Å². The third-order valence-electron chi connectivity index (χ3n) is 4.05. The first-order valence-corrected chi connectivity index (χ1v) is 8.33. The zero-order chi connectivity index (χ0) is 19.2. The highest BCUT2D eigenvalue weighted by Crippen LogP contribution is 2.28. The Morgan fingerprint density at radius 3 is 2.67 bits per heavy atom. The third-order valence-corrected chi connectivity index (χ3v) is 4.05. The zero-order valence-electron chi connectivity index (χ0n) is 15.1. The molecule has 140 valence electrons. The van der Waals surface area contributed by atoms with Gasteiger partial charge in [0.05, 0.1) is 26.3 Å². The number of H-pyrrole nitrogens is 1. The molecule has 0 saturated carbocycles. The molecular formula is C20H20N2O5. The highest BCUT2D eigenvalue weighted by atomic mass is 16.5.